The topological polar surface area (TPSA) is 9.23 Å². The van der Waals surface area contributed by atoms with Crippen molar-refractivity contribution in [2.75, 3.05) is 13.3 Å². The first-order chi connectivity index (χ1) is 7.20. The molecule has 0 heterocycles. The molecule has 0 aliphatic heterocycles. The number of alkyl halides is 1. The van der Waals surface area contributed by atoms with E-state index in [-0.39, 0.29) is 5.92 Å². The number of hydrogen-bond donors (Lipinski definition) is 0. The molecule has 0 saturated carbocycles. The van der Waals surface area contributed by atoms with Gasteiger partial charge in [-0.15, -0.1) is 0 Å². The largest absolute Gasteiger partial charge is 0.492 e. The predicted octanol–water partition coefficient (Wildman–Crippen LogP) is 4.20. The summed E-state index contributed by atoms with van der Waals surface area (Å²) in [6.07, 6.45) is 0.930. The van der Waals surface area contributed by atoms with Crippen LogP contribution in [0.15, 0.2) is 18.2 Å². The Kier molecular flexibility index (Phi) is 4.89. The molecule has 0 aromatic heterocycles. The van der Waals surface area contributed by atoms with Crippen LogP contribution < -0.4 is 4.74 Å². The minimum atomic E-state index is -0.406. The van der Waals surface area contributed by atoms with Crippen molar-refractivity contribution in [1.29, 1.82) is 0 Å². The van der Waals surface area contributed by atoms with Gasteiger partial charge in [0.1, 0.15) is 5.75 Å². The van der Waals surface area contributed by atoms with E-state index in [1.54, 1.807) is 0 Å². The zero-order chi connectivity index (χ0) is 11.3. The van der Waals surface area contributed by atoms with Crippen LogP contribution in [0.25, 0.3) is 0 Å². The molecule has 1 unspecified atom stereocenters. The molecule has 0 amide bonds. The molecule has 1 aromatic rings. The van der Waals surface area contributed by atoms with Gasteiger partial charge < -0.3 is 4.74 Å². The number of ether oxygens (including phenoxy) is 1. The third kappa shape index (κ3) is 3.10. The summed E-state index contributed by atoms with van der Waals surface area (Å²) in [5, 5.41) is 0.538. The van der Waals surface area contributed by atoms with Crippen LogP contribution in [0.5, 0.6) is 5.75 Å². The van der Waals surface area contributed by atoms with Gasteiger partial charge >= 0.3 is 0 Å². The average molecular weight is 231 g/mol. The highest BCUT2D eigenvalue weighted by Gasteiger charge is 2.12. The summed E-state index contributed by atoms with van der Waals surface area (Å²) in [7, 11) is 0. The van der Waals surface area contributed by atoms with Gasteiger partial charge in [0.15, 0.2) is 0 Å². The van der Waals surface area contributed by atoms with E-state index >= 15 is 0 Å². The smallest absolute Gasteiger partial charge is 0.138 e. The van der Waals surface area contributed by atoms with Gasteiger partial charge in [-0.2, -0.15) is 0 Å². The number of rotatable bonds is 5. The molecule has 0 aliphatic rings. The van der Waals surface area contributed by atoms with E-state index in [2.05, 4.69) is 0 Å². The zero-order valence-corrected chi connectivity index (χ0v) is 9.85. The molecule has 0 N–H and O–H groups in total. The summed E-state index contributed by atoms with van der Waals surface area (Å²) in [6.45, 7) is 4.07. The van der Waals surface area contributed by atoms with Crippen LogP contribution in [-0.2, 0) is 0 Å². The van der Waals surface area contributed by atoms with Gasteiger partial charge in [0.2, 0.25) is 0 Å². The van der Waals surface area contributed by atoms with E-state index in [0.29, 0.717) is 17.4 Å². The first-order valence-electron chi connectivity index (χ1n) is 5.17. The number of benzene rings is 1. The maximum Gasteiger partial charge on any atom is 0.138 e. The number of hydrogen-bond acceptors (Lipinski definition) is 1. The Morgan fingerprint density at radius 1 is 1.47 bits per heavy atom. The molecule has 84 valence electrons. The van der Waals surface area contributed by atoms with E-state index in [1.165, 1.54) is 0 Å². The van der Waals surface area contributed by atoms with Crippen LogP contribution in [0, 0.1) is 0 Å². The van der Waals surface area contributed by atoms with Gasteiger partial charge in [0, 0.05) is 5.92 Å². The van der Waals surface area contributed by atoms with Crippen LogP contribution in [0.2, 0.25) is 5.02 Å². The lowest BCUT2D eigenvalue weighted by atomic mass is 10.0. The Hall–Kier alpha value is -0.760. The summed E-state index contributed by atoms with van der Waals surface area (Å²) in [5.41, 5.74) is 0.813. The second kappa shape index (κ2) is 5.96. The summed E-state index contributed by atoms with van der Waals surface area (Å²) < 4.78 is 18.0. The molecule has 1 nitrogen and oxygen atoms in total. The molecular formula is C12H16ClFO. The second-order valence-corrected chi connectivity index (χ2v) is 3.94. The molecule has 0 fully saturated rings. The van der Waals surface area contributed by atoms with E-state index in [1.807, 2.05) is 32.0 Å². The van der Waals surface area contributed by atoms with Crippen molar-refractivity contribution in [2.45, 2.75) is 26.2 Å². The Morgan fingerprint density at radius 3 is 2.80 bits per heavy atom. The monoisotopic (exact) mass is 230 g/mol. The lowest BCUT2D eigenvalue weighted by molar-refractivity contribution is 0.317. The van der Waals surface area contributed by atoms with Crippen LogP contribution >= 0.6 is 11.6 Å². The van der Waals surface area contributed by atoms with Gasteiger partial charge in [0.05, 0.1) is 18.3 Å². The summed E-state index contributed by atoms with van der Waals surface area (Å²) in [5.74, 6) is 0.471. The molecular weight excluding hydrogens is 215 g/mol. The highest BCUT2D eigenvalue weighted by molar-refractivity contribution is 6.32. The molecule has 3 heteroatoms. The van der Waals surface area contributed by atoms with Crippen molar-refractivity contribution in [3.8, 4) is 5.75 Å². The van der Waals surface area contributed by atoms with E-state index in [4.69, 9.17) is 16.3 Å². The van der Waals surface area contributed by atoms with Crippen molar-refractivity contribution in [3.05, 3.63) is 28.8 Å². The molecule has 0 spiro atoms. The Balaban J connectivity index is 2.90. The predicted molar refractivity (Wildman–Crippen MR) is 61.6 cm³/mol. The Bertz CT molecular complexity index is 314. The molecule has 0 aliphatic carbocycles. The van der Waals surface area contributed by atoms with Crippen LogP contribution in [0.3, 0.4) is 0 Å². The Morgan fingerprint density at radius 2 is 2.20 bits per heavy atom. The first-order valence-corrected chi connectivity index (χ1v) is 5.55. The Labute approximate surface area is 95.2 Å². The molecule has 1 aromatic carbocycles. The second-order valence-electron chi connectivity index (χ2n) is 3.56. The van der Waals surface area contributed by atoms with Crippen molar-refractivity contribution in [1.82, 2.24) is 0 Å². The maximum atomic E-state index is 12.5. The fourth-order valence-electron chi connectivity index (χ4n) is 1.31. The minimum Gasteiger partial charge on any atom is -0.492 e. The van der Waals surface area contributed by atoms with Crippen molar-refractivity contribution < 1.29 is 9.13 Å². The van der Waals surface area contributed by atoms with Crippen LogP contribution in [-0.4, -0.2) is 13.3 Å². The van der Waals surface area contributed by atoms with Crippen LogP contribution in [0.1, 0.15) is 31.7 Å². The fraction of sp³-hybridized carbons (Fsp3) is 0.500. The highest BCUT2D eigenvalue weighted by atomic mass is 35.5. The third-order valence-corrected chi connectivity index (χ3v) is 2.62. The quantitative estimate of drug-likeness (QED) is 0.737. The molecule has 0 bridgehead atoms. The van der Waals surface area contributed by atoms with Crippen molar-refractivity contribution >= 4 is 11.6 Å². The van der Waals surface area contributed by atoms with Crippen molar-refractivity contribution in [2.24, 2.45) is 0 Å². The standard InChI is InChI=1S/C12H16ClFO/c1-3-7-15-11-6-4-5-10(12(11)13)9(2)8-14/h4-6,9H,3,7-8H2,1-2H3. The lowest BCUT2D eigenvalue weighted by Gasteiger charge is -2.13. The van der Waals surface area contributed by atoms with Gasteiger partial charge in [-0.1, -0.05) is 37.6 Å². The number of halogens is 2. The SMILES string of the molecule is CCCOc1cccc(C(C)CF)c1Cl. The minimum absolute atomic E-state index is 0.178. The van der Waals surface area contributed by atoms with E-state index in [0.717, 1.165) is 12.0 Å². The lowest BCUT2D eigenvalue weighted by Crippen LogP contribution is -2.00. The van der Waals surface area contributed by atoms with Gasteiger partial charge in [-0.3, -0.25) is 4.39 Å². The first kappa shape index (κ1) is 12.3. The molecule has 0 saturated heterocycles. The normalized spacial score (nSPS) is 12.5. The molecule has 0 radical (unpaired) electrons. The van der Waals surface area contributed by atoms with Gasteiger partial charge in [-0.05, 0) is 18.1 Å². The summed E-state index contributed by atoms with van der Waals surface area (Å²) in [4.78, 5) is 0. The van der Waals surface area contributed by atoms with E-state index < -0.39 is 6.67 Å². The van der Waals surface area contributed by atoms with Gasteiger partial charge in [-0.25, -0.2) is 0 Å². The molecule has 1 rings (SSSR count). The van der Waals surface area contributed by atoms with Gasteiger partial charge in [0.25, 0.3) is 0 Å². The highest BCUT2D eigenvalue weighted by Crippen LogP contribution is 2.32. The zero-order valence-electron chi connectivity index (χ0n) is 9.09. The summed E-state index contributed by atoms with van der Waals surface area (Å²) >= 11 is 6.13. The average Bonchev–Trinajstić information content (AvgIpc) is 2.27. The van der Waals surface area contributed by atoms with Crippen molar-refractivity contribution in [3.63, 3.8) is 0 Å². The van der Waals surface area contributed by atoms with Crippen LogP contribution in [0.4, 0.5) is 4.39 Å². The fourth-order valence-corrected chi connectivity index (χ4v) is 1.68. The maximum absolute atomic E-state index is 12.5. The third-order valence-electron chi connectivity index (χ3n) is 2.22. The molecule has 15 heavy (non-hydrogen) atoms. The van der Waals surface area contributed by atoms with E-state index in [9.17, 15) is 4.39 Å². The molecule has 1 atom stereocenters. The summed E-state index contributed by atoms with van der Waals surface area (Å²) in [6, 6.07) is 5.50.